The van der Waals surface area contributed by atoms with Crippen LogP contribution in [0.2, 0.25) is 0 Å². The minimum absolute atomic E-state index is 0.188. The second kappa shape index (κ2) is 5.00. The summed E-state index contributed by atoms with van der Waals surface area (Å²) in [5.74, 6) is -0.624. The van der Waals surface area contributed by atoms with Crippen LogP contribution in [0.1, 0.15) is 23.3 Å². The van der Waals surface area contributed by atoms with Crippen LogP contribution in [0.4, 0.5) is 13.2 Å². The standard InChI is InChI=1S/C13H11F3O2S/c1-7(17)10-6-19-12(11(10)18)8-2-4-9(5-3-8)13(14,15)16/h2-5,10,12H,6H2,1H3. The summed E-state index contributed by atoms with van der Waals surface area (Å²) in [5.41, 5.74) is -0.221. The molecule has 0 bridgehead atoms. The van der Waals surface area contributed by atoms with Crippen molar-refractivity contribution in [3.63, 3.8) is 0 Å². The molecule has 19 heavy (non-hydrogen) atoms. The molecule has 1 aliphatic heterocycles. The molecule has 1 saturated heterocycles. The lowest BCUT2D eigenvalue weighted by molar-refractivity contribution is -0.137. The van der Waals surface area contributed by atoms with Gasteiger partial charge in [-0.1, -0.05) is 12.1 Å². The SMILES string of the molecule is CC(=O)C1CSC(c2ccc(C(F)(F)F)cc2)C1=O. The molecular formula is C13H11F3O2S. The van der Waals surface area contributed by atoms with E-state index in [4.69, 9.17) is 0 Å². The molecule has 2 rings (SSSR count). The zero-order valence-electron chi connectivity index (χ0n) is 10.0. The lowest BCUT2D eigenvalue weighted by Gasteiger charge is -2.11. The summed E-state index contributed by atoms with van der Waals surface area (Å²) in [6, 6.07) is 4.54. The minimum atomic E-state index is -4.38. The Bertz CT molecular complexity index is 508. The highest BCUT2D eigenvalue weighted by Gasteiger charge is 2.38. The number of carbonyl (C=O) groups is 2. The summed E-state index contributed by atoms with van der Waals surface area (Å²) < 4.78 is 37.3. The Labute approximate surface area is 112 Å². The van der Waals surface area contributed by atoms with Crippen LogP contribution in [0.3, 0.4) is 0 Å². The van der Waals surface area contributed by atoms with E-state index in [1.54, 1.807) is 0 Å². The van der Waals surface area contributed by atoms with Crippen molar-refractivity contribution >= 4 is 23.3 Å². The fourth-order valence-corrected chi connectivity index (χ4v) is 3.43. The van der Waals surface area contributed by atoms with E-state index < -0.39 is 22.9 Å². The maximum absolute atomic E-state index is 12.4. The van der Waals surface area contributed by atoms with E-state index in [1.807, 2.05) is 0 Å². The van der Waals surface area contributed by atoms with E-state index in [-0.39, 0.29) is 11.6 Å². The van der Waals surface area contributed by atoms with Crippen LogP contribution in [0.15, 0.2) is 24.3 Å². The normalized spacial score (nSPS) is 23.7. The highest BCUT2D eigenvalue weighted by Crippen LogP contribution is 2.41. The van der Waals surface area contributed by atoms with Crippen molar-refractivity contribution in [3.05, 3.63) is 35.4 Å². The Morgan fingerprint density at radius 3 is 2.26 bits per heavy atom. The molecule has 0 amide bonds. The number of halogens is 3. The van der Waals surface area contributed by atoms with Gasteiger partial charge in [-0.2, -0.15) is 13.2 Å². The van der Waals surface area contributed by atoms with Crippen molar-refractivity contribution < 1.29 is 22.8 Å². The summed E-state index contributed by atoms with van der Waals surface area (Å²) >= 11 is 1.30. The zero-order chi connectivity index (χ0) is 14.2. The molecule has 0 aliphatic carbocycles. The Morgan fingerprint density at radius 2 is 1.84 bits per heavy atom. The first-order valence-corrected chi connectivity index (χ1v) is 6.68. The minimum Gasteiger partial charge on any atom is -0.299 e. The summed E-state index contributed by atoms with van der Waals surface area (Å²) in [6.07, 6.45) is -4.38. The quantitative estimate of drug-likeness (QED) is 0.783. The van der Waals surface area contributed by atoms with Gasteiger partial charge in [-0.15, -0.1) is 11.8 Å². The molecule has 1 heterocycles. The number of ketones is 2. The molecule has 2 unspecified atom stereocenters. The maximum atomic E-state index is 12.4. The summed E-state index contributed by atoms with van der Waals surface area (Å²) in [7, 11) is 0. The number of benzene rings is 1. The van der Waals surface area contributed by atoms with Gasteiger partial charge in [0.2, 0.25) is 0 Å². The van der Waals surface area contributed by atoms with Crippen LogP contribution < -0.4 is 0 Å². The van der Waals surface area contributed by atoms with Gasteiger partial charge in [-0.25, -0.2) is 0 Å². The number of thioether (sulfide) groups is 1. The predicted octanol–water partition coefficient (Wildman–Crippen LogP) is 3.27. The number of hydrogen-bond donors (Lipinski definition) is 0. The van der Waals surface area contributed by atoms with E-state index in [0.29, 0.717) is 11.3 Å². The Balaban J connectivity index is 2.20. The molecule has 0 spiro atoms. The van der Waals surface area contributed by atoms with Crippen LogP contribution in [0.25, 0.3) is 0 Å². The van der Waals surface area contributed by atoms with Gasteiger partial charge < -0.3 is 0 Å². The predicted molar refractivity (Wildman–Crippen MR) is 65.8 cm³/mol. The largest absolute Gasteiger partial charge is 0.416 e. The summed E-state index contributed by atoms with van der Waals surface area (Å²) in [5, 5.41) is -0.531. The first-order valence-electron chi connectivity index (χ1n) is 5.63. The van der Waals surface area contributed by atoms with Crippen LogP contribution >= 0.6 is 11.8 Å². The molecule has 102 valence electrons. The highest BCUT2D eigenvalue weighted by molar-refractivity contribution is 8.00. The molecule has 1 fully saturated rings. The molecule has 1 aromatic rings. The lowest BCUT2D eigenvalue weighted by atomic mass is 9.96. The van der Waals surface area contributed by atoms with Crippen molar-refractivity contribution in [1.82, 2.24) is 0 Å². The van der Waals surface area contributed by atoms with Crippen LogP contribution in [-0.4, -0.2) is 17.3 Å². The molecule has 6 heteroatoms. The van der Waals surface area contributed by atoms with Crippen LogP contribution in [-0.2, 0) is 15.8 Å². The van der Waals surface area contributed by atoms with Crippen molar-refractivity contribution in [2.75, 3.05) is 5.75 Å². The molecule has 2 nitrogen and oxygen atoms in total. The molecule has 0 radical (unpaired) electrons. The molecule has 0 N–H and O–H groups in total. The first kappa shape index (κ1) is 14.1. The van der Waals surface area contributed by atoms with Crippen molar-refractivity contribution in [1.29, 1.82) is 0 Å². The van der Waals surface area contributed by atoms with Gasteiger partial charge in [0.05, 0.1) is 16.7 Å². The average Bonchev–Trinajstić information content (AvgIpc) is 2.70. The average molecular weight is 288 g/mol. The molecule has 1 aromatic carbocycles. The molecule has 0 aromatic heterocycles. The van der Waals surface area contributed by atoms with Crippen molar-refractivity contribution in [2.24, 2.45) is 5.92 Å². The van der Waals surface area contributed by atoms with Gasteiger partial charge >= 0.3 is 6.18 Å². The van der Waals surface area contributed by atoms with Crippen molar-refractivity contribution in [2.45, 2.75) is 18.3 Å². The fraction of sp³-hybridized carbons (Fsp3) is 0.385. The lowest BCUT2D eigenvalue weighted by Crippen LogP contribution is -2.20. The van der Waals surface area contributed by atoms with Gasteiger partial charge in [0.15, 0.2) is 5.78 Å². The molecular weight excluding hydrogens is 277 g/mol. The maximum Gasteiger partial charge on any atom is 0.416 e. The monoisotopic (exact) mass is 288 g/mol. The Hall–Kier alpha value is -1.30. The van der Waals surface area contributed by atoms with E-state index in [9.17, 15) is 22.8 Å². The van der Waals surface area contributed by atoms with E-state index in [2.05, 4.69) is 0 Å². The number of Topliss-reactive ketones (excluding diaryl/α,β-unsaturated/α-hetero) is 2. The van der Waals surface area contributed by atoms with Gasteiger partial charge in [0.1, 0.15) is 5.78 Å². The van der Waals surface area contributed by atoms with E-state index >= 15 is 0 Å². The van der Waals surface area contributed by atoms with Crippen LogP contribution in [0, 0.1) is 5.92 Å². The van der Waals surface area contributed by atoms with Gasteiger partial charge in [-0.3, -0.25) is 9.59 Å². The highest BCUT2D eigenvalue weighted by atomic mass is 32.2. The summed E-state index contributed by atoms with van der Waals surface area (Å²) in [6.45, 7) is 1.36. The Morgan fingerprint density at radius 1 is 1.26 bits per heavy atom. The Kier molecular flexibility index (Phi) is 3.71. The van der Waals surface area contributed by atoms with Crippen LogP contribution in [0.5, 0.6) is 0 Å². The smallest absolute Gasteiger partial charge is 0.299 e. The van der Waals surface area contributed by atoms with E-state index in [1.165, 1.54) is 30.8 Å². The molecule has 2 atom stereocenters. The number of rotatable bonds is 2. The third-order valence-electron chi connectivity index (χ3n) is 3.06. The second-order valence-electron chi connectivity index (χ2n) is 4.40. The number of alkyl halides is 3. The topological polar surface area (TPSA) is 34.1 Å². The fourth-order valence-electron chi connectivity index (χ4n) is 1.96. The third-order valence-corrected chi connectivity index (χ3v) is 4.43. The van der Waals surface area contributed by atoms with Gasteiger partial charge in [-0.05, 0) is 24.6 Å². The van der Waals surface area contributed by atoms with Gasteiger partial charge in [0.25, 0.3) is 0 Å². The zero-order valence-corrected chi connectivity index (χ0v) is 10.8. The third kappa shape index (κ3) is 2.83. The summed E-state index contributed by atoms with van der Waals surface area (Å²) in [4.78, 5) is 23.2. The number of carbonyl (C=O) groups excluding carboxylic acids is 2. The molecule has 0 saturated carbocycles. The van der Waals surface area contributed by atoms with Gasteiger partial charge in [0, 0.05) is 5.75 Å². The molecule has 1 aliphatic rings. The van der Waals surface area contributed by atoms with E-state index in [0.717, 1.165) is 12.1 Å². The number of hydrogen-bond acceptors (Lipinski definition) is 3. The van der Waals surface area contributed by atoms with Crippen molar-refractivity contribution in [3.8, 4) is 0 Å². The first-order chi connectivity index (χ1) is 8.80. The second-order valence-corrected chi connectivity index (χ2v) is 5.54.